The molecule has 1 heterocycles. The lowest BCUT2D eigenvalue weighted by molar-refractivity contribution is -0.131. The van der Waals surface area contributed by atoms with Gasteiger partial charge in [-0.25, -0.2) is 0 Å². The number of fused-ring (bicyclic) bond motifs is 1. The van der Waals surface area contributed by atoms with Gasteiger partial charge in [-0.2, -0.15) is 0 Å². The second-order valence-corrected chi connectivity index (χ2v) is 8.53. The maximum atomic E-state index is 11.9. The second kappa shape index (κ2) is 11.6. The van der Waals surface area contributed by atoms with E-state index in [1.54, 1.807) is 14.2 Å². The van der Waals surface area contributed by atoms with E-state index in [2.05, 4.69) is 29.3 Å². The lowest BCUT2D eigenvalue weighted by Crippen LogP contribution is -2.48. The van der Waals surface area contributed by atoms with Crippen LogP contribution in [0.25, 0.3) is 0 Å². The van der Waals surface area contributed by atoms with Gasteiger partial charge in [0.2, 0.25) is 5.91 Å². The summed E-state index contributed by atoms with van der Waals surface area (Å²) in [6, 6.07) is 4.94. The lowest BCUT2D eigenvalue weighted by atomic mass is 9.86. The molecule has 1 fully saturated rings. The van der Waals surface area contributed by atoms with E-state index in [1.807, 2.05) is 4.90 Å². The van der Waals surface area contributed by atoms with E-state index >= 15 is 0 Å². The van der Waals surface area contributed by atoms with Crippen molar-refractivity contribution in [2.75, 3.05) is 53.5 Å². The zero-order chi connectivity index (χ0) is 21.3. The molecule has 2 aliphatic rings. The van der Waals surface area contributed by atoms with Gasteiger partial charge in [-0.05, 0) is 74.9 Å². The summed E-state index contributed by atoms with van der Waals surface area (Å²) in [4.78, 5) is 16.6. The highest BCUT2D eigenvalue weighted by Gasteiger charge is 2.25. The first-order valence-corrected chi connectivity index (χ1v) is 11.6. The van der Waals surface area contributed by atoms with Crippen molar-refractivity contribution in [2.24, 2.45) is 0 Å². The Morgan fingerprint density at radius 1 is 1.10 bits per heavy atom. The number of carbonyl (C=O) groups excluding carboxylic acids is 1. The van der Waals surface area contributed by atoms with Crippen molar-refractivity contribution in [3.63, 3.8) is 0 Å². The van der Waals surface area contributed by atoms with E-state index in [1.165, 1.54) is 36.8 Å². The van der Waals surface area contributed by atoms with Crippen LogP contribution < -0.4 is 14.8 Å². The summed E-state index contributed by atoms with van der Waals surface area (Å²) in [5, 5.41) is 3.14. The molecule has 1 atom stereocenters. The van der Waals surface area contributed by atoms with Crippen molar-refractivity contribution in [3.8, 4) is 11.5 Å². The molecule has 0 saturated carbocycles. The fraction of sp³-hybridized carbons (Fsp3) is 0.708. The molecule has 0 spiro atoms. The van der Waals surface area contributed by atoms with Gasteiger partial charge in [0, 0.05) is 25.7 Å². The van der Waals surface area contributed by atoms with Gasteiger partial charge in [-0.3, -0.25) is 4.79 Å². The van der Waals surface area contributed by atoms with Gasteiger partial charge in [-0.1, -0.05) is 13.3 Å². The van der Waals surface area contributed by atoms with Crippen LogP contribution >= 0.6 is 0 Å². The van der Waals surface area contributed by atoms with Crippen LogP contribution in [0.2, 0.25) is 0 Å². The minimum atomic E-state index is 0.252. The Morgan fingerprint density at radius 3 is 2.57 bits per heavy atom. The molecule has 3 rings (SSSR count). The first-order valence-electron chi connectivity index (χ1n) is 11.6. The molecule has 1 saturated heterocycles. The summed E-state index contributed by atoms with van der Waals surface area (Å²) in [5.41, 5.74) is 2.81. The number of ether oxygens (including phenoxy) is 2. The standard InChI is InChI=1S/C24H39N3O3/c1-4-11-26(12-6-5-7-13-27-14-10-25-18-24(27)28)21-9-8-19-16-22(29-2)23(30-3)17-20(19)15-21/h16-17,21,25H,4-15,18H2,1-3H3. The molecule has 1 aromatic carbocycles. The number of methoxy groups -OCH3 is 2. The van der Waals surface area contributed by atoms with Crippen molar-refractivity contribution in [1.82, 2.24) is 15.1 Å². The normalized spacial score (nSPS) is 19.1. The van der Waals surface area contributed by atoms with Crippen LogP contribution in [0, 0.1) is 0 Å². The zero-order valence-electron chi connectivity index (χ0n) is 19.0. The Bertz CT molecular complexity index is 695. The van der Waals surface area contributed by atoms with Crippen LogP contribution in [-0.4, -0.2) is 75.2 Å². The third kappa shape index (κ3) is 5.88. The van der Waals surface area contributed by atoms with Crippen LogP contribution in [0.5, 0.6) is 11.5 Å². The van der Waals surface area contributed by atoms with Crippen LogP contribution in [0.4, 0.5) is 0 Å². The number of aryl methyl sites for hydroxylation is 1. The summed E-state index contributed by atoms with van der Waals surface area (Å²) in [7, 11) is 3.42. The molecule has 1 aliphatic heterocycles. The van der Waals surface area contributed by atoms with Gasteiger partial charge in [-0.15, -0.1) is 0 Å². The monoisotopic (exact) mass is 417 g/mol. The SMILES string of the molecule is CCCN(CCCCCN1CCNCC1=O)C1CCc2cc(OC)c(OC)cc2C1. The minimum Gasteiger partial charge on any atom is -0.493 e. The van der Waals surface area contributed by atoms with Gasteiger partial charge in [0.15, 0.2) is 11.5 Å². The van der Waals surface area contributed by atoms with Crippen molar-refractivity contribution in [2.45, 2.75) is 57.9 Å². The van der Waals surface area contributed by atoms with Gasteiger partial charge in [0.25, 0.3) is 0 Å². The Kier molecular flexibility index (Phi) is 8.82. The quantitative estimate of drug-likeness (QED) is 0.561. The fourth-order valence-electron chi connectivity index (χ4n) is 4.82. The van der Waals surface area contributed by atoms with Crippen molar-refractivity contribution in [3.05, 3.63) is 23.3 Å². The smallest absolute Gasteiger partial charge is 0.236 e. The highest BCUT2D eigenvalue weighted by atomic mass is 16.5. The summed E-state index contributed by atoms with van der Waals surface area (Å²) in [6.07, 6.45) is 8.08. The molecule has 6 heteroatoms. The molecule has 1 aliphatic carbocycles. The molecule has 1 amide bonds. The molecule has 0 radical (unpaired) electrons. The number of unbranched alkanes of at least 4 members (excludes halogenated alkanes) is 2. The number of nitrogens with one attached hydrogen (secondary N) is 1. The van der Waals surface area contributed by atoms with Gasteiger partial charge < -0.3 is 24.6 Å². The average Bonchev–Trinajstić information content (AvgIpc) is 2.77. The molecule has 1 aromatic rings. The highest BCUT2D eigenvalue weighted by Crippen LogP contribution is 2.35. The maximum absolute atomic E-state index is 11.9. The predicted octanol–water partition coefficient (Wildman–Crippen LogP) is 2.88. The number of amides is 1. The zero-order valence-corrected chi connectivity index (χ0v) is 19.0. The average molecular weight is 418 g/mol. The number of piperazine rings is 1. The van der Waals surface area contributed by atoms with Crippen molar-refractivity contribution >= 4 is 5.91 Å². The Balaban J connectivity index is 1.49. The molecule has 6 nitrogen and oxygen atoms in total. The van der Waals surface area contributed by atoms with Crippen LogP contribution in [0.1, 0.15) is 50.2 Å². The van der Waals surface area contributed by atoms with Gasteiger partial charge in [0.1, 0.15) is 0 Å². The summed E-state index contributed by atoms with van der Waals surface area (Å²) >= 11 is 0. The second-order valence-electron chi connectivity index (χ2n) is 8.53. The van der Waals surface area contributed by atoms with E-state index < -0.39 is 0 Å². The fourth-order valence-corrected chi connectivity index (χ4v) is 4.82. The van der Waals surface area contributed by atoms with Crippen LogP contribution in [0.3, 0.4) is 0 Å². The molecular formula is C24H39N3O3. The summed E-state index contributed by atoms with van der Waals surface area (Å²) in [5.74, 6) is 1.92. The lowest BCUT2D eigenvalue weighted by Gasteiger charge is -2.35. The largest absolute Gasteiger partial charge is 0.493 e. The van der Waals surface area contributed by atoms with Crippen LogP contribution in [-0.2, 0) is 17.6 Å². The Labute approximate surface area is 181 Å². The number of benzene rings is 1. The molecule has 0 bridgehead atoms. The van der Waals surface area contributed by atoms with Crippen molar-refractivity contribution < 1.29 is 14.3 Å². The molecule has 0 aromatic heterocycles. The number of hydrogen-bond acceptors (Lipinski definition) is 5. The molecule has 1 unspecified atom stereocenters. The van der Waals surface area contributed by atoms with E-state index in [0.29, 0.717) is 12.6 Å². The third-order valence-corrected chi connectivity index (χ3v) is 6.50. The Hall–Kier alpha value is -1.79. The number of nitrogens with zero attached hydrogens (tertiary/aromatic N) is 2. The topological polar surface area (TPSA) is 54.0 Å². The summed E-state index contributed by atoms with van der Waals surface area (Å²) in [6.45, 7) is 7.77. The third-order valence-electron chi connectivity index (χ3n) is 6.50. The van der Waals surface area contributed by atoms with E-state index in [4.69, 9.17) is 9.47 Å². The Morgan fingerprint density at radius 2 is 1.87 bits per heavy atom. The molecule has 1 N–H and O–H groups in total. The van der Waals surface area contributed by atoms with E-state index in [-0.39, 0.29) is 5.91 Å². The summed E-state index contributed by atoms with van der Waals surface area (Å²) < 4.78 is 11.0. The first kappa shape index (κ1) is 22.9. The number of hydrogen-bond donors (Lipinski definition) is 1. The van der Waals surface area contributed by atoms with Gasteiger partial charge in [0.05, 0.1) is 20.8 Å². The highest BCUT2D eigenvalue weighted by molar-refractivity contribution is 5.78. The molecule has 168 valence electrons. The molecular weight excluding hydrogens is 378 g/mol. The first-order chi connectivity index (χ1) is 14.7. The van der Waals surface area contributed by atoms with E-state index in [0.717, 1.165) is 63.5 Å². The van der Waals surface area contributed by atoms with Gasteiger partial charge >= 0.3 is 0 Å². The number of rotatable bonds is 11. The predicted molar refractivity (Wildman–Crippen MR) is 121 cm³/mol. The van der Waals surface area contributed by atoms with Crippen LogP contribution in [0.15, 0.2) is 12.1 Å². The maximum Gasteiger partial charge on any atom is 0.236 e. The van der Waals surface area contributed by atoms with E-state index in [9.17, 15) is 4.79 Å². The molecule has 30 heavy (non-hydrogen) atoms. The minimum absolute atomic E-state index is 0.252. The number of carbonyl (C=O) groups is 1. The van der Waals surface area contributed by atoms with Crippen molar-refractivity contribution in [1.29, 1.82) is 0 Å².